The summed E-state index contributed by atoms with van der Waals surface area (Å²) in [4.78, 5) is 0.162. The predicted molar refractivity (Wildman–Crippen MR) is 76.2 cm³/mol. The number of methoxy groups -OCH3 is 1. The monoisotopic (exact) mass is 299 g/mol. The topological polar surface area (TPSA) is 75.6 Å². The van der Waals surface area contributed by atoms with Gasteiger partial charge >= 0.3 is 0 Å². The van der Waals surface area contributed by atoms with E-state index in [1.54, 1.807) is 12.1 Å². The second-order valence-electron chi connectivity index (χ2n) is 5.28. The molecule has 0 heterocycles. The zero-order valence-electron chi connectivity index (χ0n) is 11.6. The maximum Gasteiger partial charge on any atom is 0.241 e. The number of aliphatic hydroxyl groups excluding tert-OH is 1. The van der Waals surface area contributed by atoms with Crippen molar-refractivity contribution < 1.29 is 18.3 Å². The first kappa shape index (κ1) is 15.3. The van der Waals surface area contributed by atoms with Crippen LogP contribution in [0.5, 0.6) is 5.75 Å². The number of hydrogen-bond donors (Lipinski definition) is 2. The highest BCUT2D eigenvalue weighted by Gasteiger charge is 2.36. The van der Waals surface area contributed by atoms with Crippen LogP contribution in [0.3, 0.4) is 0 Å². The van der Waals surface area contributed by atoms with Crippen LogP contribution in [0.1, 0.15) is 32.1 Å². The lowest BCUT2D eigenvalue weighted by atomic mass is 9.83. The summed E-state index contributed by atoms with van der Waals surface area (Å²) in [5.74, 6) is 0.495. The number of sulfonamides is 1. The molecule has 0 amide bonds. The van der Waals surface area contributed by atoms with Crippen LogP contribution in [0.15, 0.2) is 29.2 Å². The summed E-state index contributed by atoms with van der Waals surface area (Å²) in [6, 6.07) is 6.34. The van der Waals surface area contributed by atoms with Crippen molar-refractivity contribution in [1.82, 2.24) is 4.72 Å². The molecule has 0 bridgehead atoms. The van der Waals surface area contributed by atoms with E-state index in [2.05, 4.69) is 4.72 Å². The summed E-state index contributed by atoms with van der Waals surface area (Å²) in [7, 11) is -2.16. The molecular weight excluding hydrogens is 278 g/mol. The molecule has 1 aromatic carbocycles. The Kier molecular flexibility index (Phi) is 4.67. The molecule has 0 atom stereocenters. The highest BCUT2D eigenvalue weighted by Crippen LogP contribution is 2.30. The van der Waals surface area contributed by atoms with E-state index < -0.39 is 15.6 Å². The van der Waals surface area contributed by atoms with E-state index in [0.29, 0.717) is 18.6 Å². The Morgan fingerprint density at radius 1 is 1.30 bits per heavy atom. The van der Waals surface area contributed by atoms with Crippen LogP contribution in [0.25, 0.3) is 0 Å². The Morgan fingerprint density at radius 3 is 2.60 bits per heavy atom. The normalized spacial score (nSPS) is 18.7. The van der Waals surface area contributed by atoms with Gasteiger partial charge in [-0.1, -0.05) is 25.3 Å². The standard InChI is InChI=1S/C14H21NO4S/c1-19-12-6-5-7-13(10-12)20(17,18)15-14(11-16)8-3-2-4-9-14/h5-7,10,15-16H,2-4,8-9,11H2,1H3. The minimum Gasteiger partial charge on any atom is -0.497 e. The molecule has 2 rings (SSSR count). The maximum absolute atomic E-state index is 12.5. The van der Waals surface area contributed by atoms with Gasteiger partial charge in [0.2, 0.25) is 10.0 Å². The minimum absolute atomic E-state index is 0.162. The van der Waals surface area contributed by atoms with Gasteiger partial charge in [0.1, 0.15) is 5.75 Å². The van der Waals surface area contributed by atoms with Crippen molar-refractivity contribution in [2.45, 2.75) is 42.5 Å². The molecule has 5 nitrogen and oxygen atoms in total. The van der Waals surface area contributed by atoms with E-state index >= 15 is 0 Å². The van der Waals surface area contributed by atoms with Crippen LogP contribution in [0.4, 0.5) is 0 Å². The third-order valence-corrected chi connectivity index (χ3v) is 5.39. The van der Waals surface area contributed by atoms with E-state index in [1.165, 1.54) is 19.2 Å². The third kappa shape index (κ3) is 3.31. The number of benzene rings is 1. The van der Waals surface area contributed by atoms with Crippen LogP contribution in [-0.4, -0.2) is 32.8 Å². The molecule has 2 N–H and O–H groups in total. The zero-order valence-corrected chi connectivity index (χ0v) is 12.4. The molecule has 20 heavy (non-hydrogen) atoms. The molecule has 6 heteroatoms. The predicted octanol–water partition coefficient (Wildman–Crippen LogP) is 1.67. The van der Waals surface area contributed by atoms with Crippen molar-refractivity contribution in [2.75, 3.05) is 13.7 Å². The maximum atomic E-state index is 12.5. The first-order valence-corrected chi connectivity index (χ1v) is 8.29. The van der Waals surface area contributed by atoms with Gasteiger partial charge in [-0.2, -0.15) is 0 Å². The van der Waals surface area contributed by atoms with Crippen molar-refractivity contribution in [1.29, 1.82) is 0 Å². The van der Waals surface area contributed by atoms with Crippen molar-refractivity contribution >= 4 is 10.0 Å². The van der Waals surface area contributed by atoms with Gasteiger partial charge in [-0.05, 0) is 25.0 Å². The first-order valence-electron chi connectivity index (χ1n) is 6.80. The number of rotatable bonds is 5. The number of aliphatic hydroxyl groups is 1. The fourth-order valence-electron chi connectivity index (χ4n) is 2.63. The molecule has 1 fully saturated rings. The van der Waals surface area contributed by atoms with Crippen molar-refractivity contribution in [2.24, 2.45) is 0 Å². The van der Waals surface area contributed by atoms with E-state index in [0.717, 1.165) is 19.3 Å². The Morgan fingerprint density at radius 2 is 2.00 bits per heavy atom. The Hall–Kier alpha value is -1.11. The molecule has 0 unspecified atom stereocenters. The van der Waals surface area contributed by atoms with Crippen LogP contribution in [0, 0.1) is 0 Å². The van der Waals surface area contributed by atoms with E-state index in [1.807, 2.05) is 0 Å². The average Bonchev–Trinajstić information content (AvgIpc) is 2.48. The van der Waals surface area contributed by atoms with Gasteiger partial charge in [-0.15, -0.1) is 0 Å². The second-order valence-corrected chi connectivity index (χ2v) is 6.97. The average molecular weight is 299 g/mol. The molecule has 1 saturated carbocycles. The first-order chi connectivity index (χ1) is 9.51. The zero-order chi connectivity index (χ0) is 14.6. The van der Waals surface area contributed by atoms with E-state index in [4.69, 9.17) is 4.74 Å². The Bertz CT molecular complexity index is 550. The largest absolute Gasteiger partial charge is 0.497 e. The minimum atomic E-state index is -3.65. The van der Waals surface area contributed by atoms with E-state index in [-0.39, 0.29) is 11.5 Å². The van der Waals surface area contributed by atoms with Crippen LogP contribution in [-0.2, 0) is 10.0 Å². The van der Waals surface area contributed by atoms with Gasteiger partial charge in [0.05, 0.1) is 24.2 Å². The van der Waals surface area contributed by atoms with Gasteiger partial charge in [0, 0.05) is 6.07 Å². The summed E-state index contributed by atoms with van der Waals surface area (Å²) in [5.41, 5.74) is -0.722. The number of hydrogen-bond acceptors (Lipinski definition) is 4. The second kappa shape index (κ2) is 6.11. The number of ether oxygens (including phenoxy) is 1. The number of nitrogens with one attached hydrogen (secondary N) is 1. The van der Waals surface area contributed by atoms with Gasteiger partial charge in [-0.3, -0.25) is 0 Å². The molecule has 0 aromatic heterocycles. The molecule has 1 aromatic rings. The summed E-state index contributed by atoms with van der Waals surface area (Å²) in [6.07, 6.45) is 4.30. The molecule has 112 valence electrons. The van der Waals surface area contributed by atoms with Crippen LogP contribution < -0.4 is 9.46 Å². The summed E-state index contributed by atoms with van der Waals surface area (Å²) in [5, 5.41) is 9.60. The molecule has 0 aliphatic heterocycles. The summed E-state index contributed by atoms with van der Waals surface area (Å²) < 4.78 is 32.7. The van der Waals surface area contributed by atoms with Crippen LogP contribution >= 0.6 is 0 Å². The summed E-state index contributed by atoms with van der Waals surface area (Å²) in [6.45, 7) is -0.170. The Balaban J connectivity index is 2.25. The fraction of sp³-hybridized carbons (Fsp3) is 0.571. The van der Waals surface area contributed by atoms with E-state index in [9.17, 15) is 13.5 Å². The quantitative estimate of drug-likeness (QED) is 0.867. The lowest BCUT2D eigenvalue weighted by Gasteiger charge is -2.36. The lowest BCUT2D eigenvalue weighted by molar-refractivity contribution is 0.142. The molecule has 0 saturated heterocycles. The Labute approximate surface area is 120 Å². The van der Waals surface area contributed by atoms with Gasteiger partial charge in [-0.25, -0.2) is 13.1 Å². The molecular formula is C14H21NO4S. The fourth-order valence-corrected chi connectivity index (χ4v) is 4.12. The van der Waals surface area contributed by atoms with Gasteiger partial charge in [0.25, 0.3) is 0 Å². The van der Waals surface area contributed by atoms with Gasteiger partial charge < -0.3 is 9.84 Å². The SMILES string of the molecule is COc1cccc(S(=O)(=O)NC2(CO)CCCCC2)c1. The molecule has 1 aliphatic carbocycles. The summed E-state index contributed by atoms with van der Waals surface area (Å²) >= 11 is 0. The van der Waals surface area contributed by atoms with Crippen molar-refractivity contribution in [3.63, 3.8) is 0 Å². The van der Waals surface area contributed by atoms with Crippen LogP contribution in [0.2, 0.25) is 0 Å². The molecule has 1 aliphatic rings. The third-order valence-electron chi connectivity index (χ3n) is 3.82. The highest BCUT2D eigenvalue weighted by molar-refractivity contribution is 7.89. The molecule has 0 radical (unpaired) electrons. The van der Waals surface area contributed by atoms with Gasteiger partial charge in [0.15, 0.2) is 0 Å². The highest BCUT2D eigenvalue weighted by atomic mass is 32.2. The molecule has 0 spiro atoms. The smallest absolute Gasteiger partial charge is 0.241 e. The van der Waals surface area contributed by atoms with Crippen molar-refractivity contribution in [3.8, 4) is 5.75 Å². The van der Waals surface area contributed by atoms with Crippen molar-refractivity contribution in [3.05, 3.63) is 24.3 Å². The lowest BCUT2D eigenvalue weighted by Crippen LogP contribution is -2.52.